The van der Waals surface area contributed by atoms with Crippen molar-refractivity contribution >= 4 is 203 Å². The number of rotatable bonds is 33. The minimum absolute atomic E-state index is 0. The van der Waals surface area contributed by atoms with Crippen LogP contribution in [0.5, 0.6) is 0 Å². The second-order valence-electron chi connectivity index (χ2n) is 29.0. The molecule has 34 heteroatoms. The third kappa shape index (κ3) is 34.8. The number of nitrogens with zero attached hydrogens (tertiary/aromatic N) is 12. The number of carbonyl (C=O) groups is 4. The average molecular weight is 2160 g/mol. The molecule has 0 saturated heterocycles. The molecule has 0 amide bonds. The Balaban J connectivity index is 0.000000247. The molecule has 0 bridgehead atoms. The molecule has 0 aliphatic rings. The van der Waals surface area contributed by atoms with Gasteiger partial charge in [0, 0.05) is 132 Å². The summed E-state index contributed by atoms with van der Waals surface area (Å²) in [6, 6.07) is 55.5. The Morgan fingerprint density at radius 3 is 0.880 bits per heavy atom. The molecule has 0 spiro atoms. The van der Waals surface area contributed by atoms with E-state index in [1.165, 1.54) is 316 Å². The number of carboxylic acids is 4. The van der Waals surface area contributed by atoms with Gasteiger partial charge in [-0.2, -0.15) is 20.6 Å². The number of pyridine rings is 8. The molecule has 0 radical (unpaired) electrons. The normalized spacial score (nSPS) is 10.2. The molecule has 16 aromatic rings. The van der Waals surface area contributed by atoms with Gasteiger partial charge in [-0.05, 0) is 238 Å². The fourth-order valence-electron chi connectivity index (χ4n) is 13.4. The molecule has 3 N–H and O–H groups in total. The number of hydrogen-bond acceptors (Lipinski definition) is 25. The van der Waals surface area contributed by atoms with Crippen molar-refractivity contribution in [2.75, 3.05) is 0 Å². The quantitative estimate of drug-likeness (QED) is 0.0149. The largest absolute Gasteiger partial charge is 2.00 e. The Bertz CT molecular complexity index is 6120. The number of aromatic carboxylic acids is 4. The monoisotopic (exact) mass is 2160 g/mol. The first-order chi connectivity index (χ1) is 63.7. The van der Waals surface area contributed by atoms with E-state index in [2.05, 4.69) is 228 Å². The van der Waals surface area contributed by atoms with Gasteiger partial charge < -0.3 is 46.9 Å². The molecule has 133 heavy (non-hydrogen) atoms. The molecule has 0 atom stereocenters. The first-order valence-corrected chi connectivity index (χ1v) is 49.9. The summed E-state index contributed by atoms with van der Waals surface area (Å²) in [5.74, 6) is -4.57. The minimum atomic E-state index is -1.33. The Labute approximate surface area is 852 Å². The van der Waals surface area contributed by atoms with E-state index in [0.29, 0.717) is 11.4 Å². The van der Waals surface area contributed by atoms with E-state index in [0.717, 1.165) is 22.8 Å². The van der Waals surface area contributed by atoms with E-state index in [-0.39, 0.29) is 72.6 Å². The molecule has 16 heterocycles. The zero-order chi connectivity index (χ0) is 93.8. The van der Waals surface area contributed by atoms with Crippen LogP contribution >= 0.6 is 140 Å². The van der Waals surface area contributed by atoms with Crippen molar-refractivity contribution < 1.29 is 78.6 Å². The number of hydrogen-bond donors (Lipinski definition) is 3. The first-order valence-electron chi connectivity index (χ1n) is 41.8. The summed E-state index contributed by atoms with van der Waals surface area (Å²) < 4.78 is 5.54. The number of thiocarbonyl (C=S) groups is 4. The summed E-state index contributed by atoms with van der Waals surface area (Å²) >= 11 is 30.0. The van der Waals surface area contributed by atoms with Crippen LogP contribution in [0.15, 0.2) is 219 Å². The van der Waals surface area contributed by atoms with Crippen molar-refractivity contribution in [1.29, 1.82) is 0 Å². The van der Waals surface area contributed by atoms with E-state index >= 15 is 0 Å². The van der Waals surface area contributed by atoms with Gasteiger partial charge in [0.15, 0.2) is 0 Å². The van der Waals surface area contributed by atoms with Gasteiger partial charge in [-0.25, -0.2) is 14.4 Å². The smallest absolute Gasteiger partial charge is 0.753 e. The van der Waals surface area contributed by atoms with Gasteiger partial charge in [0.2, 0.25) is 0 Å². The number of fused-ring (bicyclic) bond motifs is 2. The predicted molar refractivity (Wildman–Crippen MR) is 556 cm³/mol. The first kappa shape index (κ1) is 110. The molecule has 16 rings (SSSR count). The third-order valence-electron chi connectivity index (χ3n) is 19.7. The van der Waals surface area contributed by atoms with E-state index in [1.807, 2.05) is 115 Å². The van der Waals surface area contributed by atoms with Crippen LogP contribution in [0.25, 0.3) is 147 Å². The summed E-state index contributed by atoms with van der Waals surface area (Å²) in [6.45, 7) is 9.01. The number of carboxylic acid groups (broad SMARTS) is 4. The predicted octanol–water partition coefficient (Wildman–Crippen LogP) is 29.7. The minimum Gasteiger partial charge on any atom is -0.753 e. The van der Waals surface area contributed by atoms with Gasteiger partial charge >= 0.3 is 56.9 Å². The maximum Gasteiger partial charge on any atom is 2.00 e. The van der Waals surface area contributed by atoms with Crippen molar-refractivity contribution in [2.24, 2.45) is 0 Å². The van der Waals surface area contributed by atoms with Crippen molar-refractivity contribution in [3.05, 3.63) is 283 Å². The van der Waals surface area contributed by atoms with Crippen LogP contribution in [0.2, 0.25) is 0 Å². The molecule has 0 fully saturated rings. The Morgan fingerprint density at radius 1 is 0.293 bits per heavy atom. The molecule has 0 aliphatic carbocycles. The zero-order valence-electron chi connectivity index (χ0n) is 72.6. The molecule has 682 valence electrons. The summed E-state index contributed by atoms with van der Waals surface area (Å²) in [5.41, 5.74) is 9.84. The standard InChI is InChI=1S/C42H48N2S4.C29H26N2S4.2C12H8N2O4.4CNS.2Ru/c1-3-5-7-9-11-13-15-33-17-19-39(45-33)41-23-21-37(47-41)31-25-27-43-35(29-31)36-30-32(26-28-44-36)38-22-24-42(48-38)40-20-18-34(46-40)16-14-12-10-8-6-4-2;1-3-4-5-6-7-21-15-27-29(33-21)17-25(35-27)20-9-11-31-23(14-20)22-13-19(8-10-30-22)24-16-28-26(34-24)12-18(2)32-28;2*15-11(16)7-1-3-13-9(5-7)10-6-8(12(17)18)2-4-14-10;4*2-1-3;;/h17-30H,3-16H2,1-2H3;8-17H,3-7H2,1-2H3;2*1-6H,(H,15,16)(H,17,18);;;;;;/q;;;;4*-1;2*+2/p-1. The molecule has 0 unspecified atom stereocenters. The fraction of sp³-hybridized carbons (Fsp3) is 0.232. The van der Waals surface area contributed by atoms with Crippen LogP contribution in [-0.2, 0) is 58.2 Å². The summed E-state index contributed by atoms with van der Waals surface area (Å²) in [4.78, 5) is 94.3. The van der Waals surface area contributed by atoms with Crippen LogP contribution in [0, 0.1) is 6.92 Å². The summed E-state index contributed by atoms with van der Waals surface area (Å²) in [7, 11) is 0. The van der Waals surface area contributed by atoms with E-state index < -0.39 is 23.9 Å². The van der Waals surface area contributed by atoms with Crippen LogP contribution in [0.1, 0.15) is 184 Å². The number of thiophene rings is 8. The Hall–Kier alpha value is -10.4. The second kappa shape index (κ2) is 59.4. The van der Waals surface area contributed by atoms with Gasteiger partial charge in [0.05, 0.1) is 68.2 Å². The summed E-state index contributed by atoms with van der Waals surface area (Å²) in [6.07, 6.45) is 38.1. The van der Waals surface area contributed by atoms with Gasteiger partial charge in [-0.3, -0.25) is 39.9 Å². The van der Waals surface area contributed by atoms with Gasteiger partial charge in [-0.1, -0.05) is 153 Å². The van der Waals surface area contributed by atoms with Crippen LogP contribution < -0.4 is 5.11 Å². The Morgan fingerprint density at radius 2 is 0.549 bits per heavy atom. The molecular weight excluding hydrogens is 2070 g/mol. The molecule has 0 aromatic carbocycles. The number of aromatic nitrogens is 8. The van der Waals surface area contributed by atoms with Gasteiger partial charge in [0.25, 0.3) is 0 Å². The van der Waals surface area contributed by atoms with E-state index in [1.54, 1.807) is 0 Å². The molecule has 20 nitrogen and oxygen atoms in total. The molecular formula is C99H89N12O8Ru2S12-. The zero-order valence-corrected chi connectivity index (χ0v) is 85.8. The van der Waals surface area contributed by atoms with Crippen LogP contribution in [0.4, 0.5) is 0 Å². The van der Waals surface area contributed by atoms with Crippen molar-refractivity contribution in [3.8, 4) is 107 Å². The maximum atomic E-state index is 10.8. The van der Waals surface area contributed by atoms with Crippen LogP contribution in [-0.4, -0.2) is 99.7 Å². The van der Waals surface area contributed by atoms with Crippen molar-refractivity contribution in [3.63, 3.8) is 0 Å². The third-order valence-corrected chi connectivity index (χ3v) is 29.3. The van der Waals surface area contributed by atoms with E-state index in [9.17, 15) is 24.3 Å². The SMILES string of the molecule is CCCCCCCCc1ccc(-c2ccc(-c3ccnc(-c4cc(-c5ccc(-c6ccc(CCCCCCCC)s6)s5)ccn4)c3)s2)s1.CCCCCCc1cc2sc(-c3ccnc(-c4cc(-c5cc6sc(C)cc6s5)ccn4)c3)cc2s1.O=C(O)c1ccnc(-c2cc(C(=O)O)ccn2)c1.O=C([O-])c1ccnc(-c2cc(C(=O)O)ccn2)c1.[N-]=C=S.[N-]=C=S.[N-]=C=S.[N-]=C=S.[Ru+2].[Ru+2]. The molecule has 0 aliphatic heterocycles. The summed E-state index contributed by atoms with van der Waals surface area (Å²) in [5, 5.41) is 71.1. The number of isothiocyanates is 4. The second-order valence-corrected chi connectivity index (χ2v) is 38.8. The average Bonchev–Trinajstić information content (AvgIpc) is 1.65. The Kier molecular flexibility index (Phi) is 49.0. The van der Waals surface area contributed by atoms with E-state index in [4.69, 9.17) is 46.9 Å². The van der Waals surface area contributed by atoms with Crippen molar-refractivity contribution in [1.82, 2.24) is 39.9 Å². The topological polar surface area (TPSA) is 344 Å². The number of carbonyl (C=O) groups excluding carboxylic acids is 1. The van der Waals surface area contributed by atoms with Crippen LogP contribution in [0.3, 0.4) is 0 Å². The van der Waals surface area contributed by atoms with Gasteiger partial charge in [0.1, 0.15) is 0 Å². The molecule has 16 aromatic heterocycles. The number of aryl methyl sites for hydroxylation is 4. The molecule has 0 saturated carbocycles. The maximum absolute atomic E-state index is 10.8. The number of unbranched alkanes of at least 4 members (excludes halogenated alkanes) is 13. The van der Waals surface area contributed by atoms with Gasteiger partial charge in [-0.15, -0.1) is 90.7 Å². The van der Waals surface area contributed by atoms with Crippen molar-refractivity contribution in [2.45, 2.75) is 150 Å². The fourth-order valence-corrected chi connectivity index (χ4v) is 22.4.